The molecule has 2 saturated heterocycles. The number of benzene rings is 2. The van der Waals surface area contributed by atoms with Crippen LogP contribution in [0.25, 0.3) is 5.76 Å². The van der Waals surface area contributed by atoms with Gasteiger partial charge in [0.15, 0.2) is 0 Å². The number of aliphatic hydroxyl groups is 1. The molecular formula is C24H26N2O6. The highest BCUT2D eigenvalue weighted by atomic mass is 16.5. The molecule has 0 saturated carbocycles. The minimum absolute atomic E-state index is 0.0350. The number of Topliss-reactive ketones (excluding diaryl/α,β-unsaturated/α-hetero) is 1. The van der Waals surface area contributed by atoms with Crippen molar-refractivity contribution in [2.75, 3.05) is 46.5 Å². The lowest BCUT2D eigenvalue weighted by Gasteiger charge is -2.31. The molecule has 0 radical (unpaired) electrons. The van der Waals surface area contributed by atoms with Crippen LogP contribution in [0.4, 0.5) is 0 Å². The van der Waals surface area contributed by atoms with Gasteiger partial charge in [-0.2, -0.15) is 0 Å². The maximum atomic E-state index is 13.0. The Morgan fingerprint density at radius 1 is 1.03 bits per heavy atom. The number of methoxy groups -OCH3 is 1. The Morgan fingerprint density at radius 2 is 1.69 bits per heavy atom. The number of amides is 1. The second kappa shape index (κ2) is 9.42. The average Bonchev–Trinajstić information content (AvgIpc) is 3.08. The van der Waals surface area contributed by atoms with Gasteiger partial charge in [-0.15, -0.1) is 0 Å². The molecule has 0 aliphatic carbocycles. The summed E-state index contributed by atoms with van der Waals surface area (Å²) in [7, 11) is 1.54. The fourth-order valence-corrected chi connectivity index (χ4v) is 4.09. The van der Waals surface area contributed by atoms with E-state index in [0.29, 0.717) is 43.2 Å². The van der Waals surface area contributed by atoms with E-state index in [-0.39, 0.29) is 17.1 Å². The molecule has 1 atom stereocenters. The lowest BCUT2D eigenvalue weighted by atomic mass is 9.95. The van der Waals surface area contributed by atoms with Crippen LogP contribution in [-0.2, 0) is 14.3 Å². The number of nitrogens with zero attached hydrogens (tertiary/aromatic N) is 2. The topological polar surface area (TPSA) is 99.5 Å². The molecule has 0 bridgehead atoms. The van der Waals surface area contributed by atoms with Crippen LogP contribution >= 0.6 is 0 Å². The van der Waals surface area contributed by atoms with E-state index in [4.69, 9.17) is 9.47 Å². The summed E-state index contributed by atoms with van der Waals surface area (Å²) < 4.78 is 10.5. The Labute approximate surface area is 186 Å². The van der Waals surface area contributed by atoms with Crippen molar-refractivity contribution in [3.63, 3.8) is 0 Å². The lowest BCUT2D eigenvalue weighted by Crippen LogP contribution is -2.42. The summed E-state index contributed by atoms with van der Waals surface area (Å²) in [4.78, 5) is 29.7. The van der Waals surface area contributed by atoms with Gasteiger partial charge in [0.05, 0.1) is 31.9 Å². The van der Waals surface area contributed by atoms with E-state index in [1.807, 2.05) is 0 Å². The van der Waals surface area contributed by atoms with Crippen LogP contribution in [0, 0.1) is 0 Å². The molecule has 8 heteroatoms. The molecule has 2 heterocycles. The second-order valence-corrected chi connectivity index (χ2v) is 7.77. The first-order valence-electron chi connectivity index (χ1n) is 10.5. The monoisotopic (exact) mass is 438 g/mol. The number of phenols is 1. The molecule has 0 unspecified atom stereocenters. The molecule has 8 nitrogen and oxygen atoms in total. The molecule has 2 aromatic carbocycles. The van der Waals surface area contributed by atoms with Gasteiger partial charge in [0.25, 0.3) is 11.7 Å². The normalized spacial score (nSPS) is 21.2. The third-order valence-corrected chi connectivity index (χ3v) is 5.87. The highest BCUT2D eigenvalue weighted by Gasteiger charge is 2.46. The van der Waals surface area contributed by atoms with Crippen LogP contribution in [0.3, 0.4) is 0 Å². The van der Waals surface area contributed by atoms with Crippen LogP contribution in [0.15, 0.2) is 54.1 Å². The van der Waals surface area contributed by atoms with Crippen LogP contribution in [-0.4, -0.2) is 78.2 Å². The van der Waals surface area contributed by atoms with Gasteiger partial charge in [-0.05, 0) is 42.0 Å². The number of hydrogen-bond acceptors (Lipinski definition) is 7. The molecule has 0 spiro atoms. The maximum Gasteiger partial charge on any atom is 0.295 e. The molecule has 1 amide bonds. The summed E-state index contributed by atoms with van der Waals surface area (Å²) in [6, 6.07) is 12.2. The number of hydrogen-bond donors (Lipinski definition) is 2. The predicted molar refractivity (Wildman–Crippen MR) is 117 cm³/mol. The van der Waals surface area contributed by atoms with Gasteiger partial charge in [-0.1, -0.05) is 12.1 Å². The van der Waals surface area contributed by atoms with Crippen molar-refractivity contribution < 1.29 is 29.3 Å². The van der Waals surface area contributed by atoms with Crippen molar-refractivity contribution in [1.29, 1.82) is 0 Å². The number of rotatable bonds is 6. The number of aliphatic hydroxyl groups excluding tert-OH is 1. The van der Waals surface area contributed by atoms with Gasteiger partial charge in [0.1, 0.15) is 17.3 Å². The number of carbonyl (C=O) groups excluding carboxylic acids is 2. The summed E-state index contributed by atoms with van der Waals surface area (Å²) in [6.07, 6.45) is 0. The van der Waals surface area contributed by atoms with E-state index in [9.17, 15) is 19.8 Å². The zero-order valence-corrected chi connectivity index (χ0v) is 17.9. The Hall–Kier alpha value is -3.36. The minimum atomic E-state index is -0.751. The standard InChI is InChI=1S/C24H26N2O6/c1-31-19-8-4-17(5-9-19)22(28)20-21(16-2-6-18(27)7-3-16)26(24(30)23(20)29)11-10-25-12-14-32-15-13-25/h2-9,21,27-28H,10-15H2,1H3/t21-/m1/s1. The lowest BCUT2D eigenvalue weighted by molar-refractivity contribution is -0.140. The third kappa shape index (κ3) is 4.32. The van der Waals surface area contributed by atoms with Crippen LogP contribution in [0.5, 0.6) is 11.5 Å². The molecule has 2 aliphatic rings. The quantitative estimate of drug-likeness (QED) is 0.405. The molecule has 4 rings (SSSR count). The van der Waals surface area contributed by atoms with E-state index in [0.717, 1.165) is 13.1 Å². The first kappa shape index (κ1) is 21.9. The van der Waals surface area contributed by atoms with E-state index in [1.165, 1.54) is 17.0 Å². The molecule has 2 fully saturated rings. The van der Waals surface area contributed by atoms with Crippen LogP contribution in [0.1, 0.15) is 17.2 Å². The zero-order valence-electron chi connectivity index (χ0n) is 17.9. The van der Waals surface area contributed by atoms with Gasteiger partial charge in [-0.25, -0.2) is 0 Å². The summed E-state index contributed by atoms with van der Waals surface area (Å²) in [5.74, 6) is -0.917. The first-order chi connectivity index (χ1) is 15.5. The van der Waals surface area contributed by atoms with Gasteiger partial charge >= 0.3 is 0 Å². The predicted octanol–water partition coefficient (Wildman–Crippen LogP) is 2.15. The van der Waals surface area contributed by atoms with Crippen molar-refractivity contribution in [3.8, 4) is 11.5 Å². The number of carbonyl (C=O) groups is 2. The molecule has 2 N–H and O–H groups in total. The summed E-state index contributed by atoms with van der Waals surface area (Å²) in [6.45, 7) is 3.72. The highest BCUT2D eigenvalue weighted by Crippen LogP contribution is 2.39. The molecule has 168 valence electrons. The van der Waals surface area contributed by atoms with Gasteiger partial charge in [0, 0.05) is 31.7 Å². The number of ether oxygens (including phenoxy) is 2. The summed E-state index contributed by atoms with van der Waals surface area (Å²) in [5, 5.41) is 20.8. The van der Waals surface area contributed by atoms with Gasteiger partial charge < -0.3 is 24.6 Å². The van der Waals surface area contributed by atoms with Crippen molar-refractivity contribution >= 4 is 17.4 Å². The van der Waals surface area contributed by atoms with Crippen molar-refractivity contribution in [1.82, 2.24) is 9.80 Å². The molecule has 32 heavy (non-hydrogen) atoms. The van der Waals surface area contributed by atoms with Crippen LogP contribution < -0.4 is 4.74 Å². The van der Waals surface area contributed by atoms with Crippen molar-refractivity contribution in [3.05, 3.63) is 65.2 Å². The molecular weight excluding hydrogens is 412 g/mol. The van der Waals surface area contributed by atoms with Crippen LogP contribution in [0.2, 0.25) is 0 Å². The number of aromatic hydroxyl groups is 1. The zero-order chi connectivity index (χ0) is 22.7. The average molecular weight is 438 g/mol. The van der Waals surface area contributed by atoms with E-state index < -0.39 is 17.7 Å². The smallest absolute Gasteiger partial charge is 0.295 e. The third-order valence-electron chi connectivity index (χ3n) is 5.87. The highest BCUT2D eigenvalue weighted by molar-refractivity contribution is 6.46. The van der Waals surface area contributed by atoms with Crippen molar-refractivity contribution in [2.45, 2.75) is 6.04 Å². The maximum absolute atomic E-state index is 13.0. The number of morpholine rings is 1. The Bertz CT molecular complexity index is 1010. The Kier molecular flexibility index (Phi) is 6.43. The Balaban J connectivity index is 1.71. The fourth-order valence-electron chi connectivity index (χ4n) is 4.09. The van der Waals surface area contributed by atoms with Gasteiger partial charge in [0.2, 0.25) is 0 Å². The largest absolute Gasteiger partial charge is 0.508 e. The van der Waals surface area contributed by atoms with Crippen molar-refractivity contribution in [2.24, 2.45) is 0 Å². The first-order valence-corrected chi connectivity index (χ1v) is 10.5. The van der Waals surface area contributed by atoms with E-state index in [1.54, 1.807) is 43.5 Å². The van der Waals surface area contributed by atoms with Gasteiger partial charge in [-0.3, -0.25) is 14.5 Å². The Morgan fingerprint density at radius 3 is 2.31 bits per heavy atom. The summed E-state index contributed by atoms with van der Waals surface area (Å²) >= 11 is 0. The van der Waals surface area contributed by atoms with E-state index in [2.05, 4.69) is 4.90 Å². The fraction of sp³-hybridized carbons (Fsp3) is 0.333. The molecule has 2 aromatic rings. The minimum Gasteiger partial charge on any atom is -0.508 e. The molecule has 0 aromatic heterocycles. The summed E-state index contributed by atoms with van der Waals surface area (Å²) in [5.41, 5.74) is 1.09. The van der Waals surface area contributed by atoms with E-state index >= 15 is 0 Å². The number of phenolic OH excluding ortho intramolecular Hbond substituents is 1. The number of likely N-dealkylation sites (tertiary alicyclic amines) is 1. The number of ketones is 1. The molecule has 2 aliphatic heterocycles. The second-order valence-electron chi connectivity index (χ2n) is 7.77. The SMILES string of the molecule is COc1ccc(C(O)=C2C(=O)C(=O)N(CCN3CCOCC3)[C@@H]2c2ccc(O)cc2)cc1.